The van der Waals surface area contributed by atoms with Crippen LogP contribution < -0.4 is 5.32 Å². The molecule has 0 spiro atoms. The van der Waals surface area contributed by atoms with Crippen LogP contribution in [-0.4, -0.2) is 41.5 Å². The van der Waals surface area contributed by atoms with Crippen molar-refractivity contribution in [2.24, 2.45) is 11.8 Å². The summed E-state index contributed by atoms with van der Waals surface area (Å²) in [6.07, 6.45) is 0.573. The summed E-state index contributed by atoms with van der Waals surface area (Å²) < 4.78 is 53.8. The molecule has 2 bridgehead atoms. The maximum Gasteiger partial charge on any atom is 0.255 e. The quantitative estimate of drug-likeness (QED) is 0.578. The van der Waals surface area contributed by atoms with Gasteiger partial charge in [0.05, 0.1) is 26.9 Å². The van der Waals surface area contributed by atoms with Gasteiger partial charge in [0.25, 0.3) is 5.91 Å². The van der Waals surface area contributed by atoms with E-state index in [4.69, 9.17) is 11.6 Å². The summed E-state index contributed by atoms with van der Waals surface area (Å²) in [6.45, 7) is 1.50. The number of nitrogens with one attached hydrogen (secondary N) is 1. The summed E-state index contributed by atoms with van der Waals surface area (Å²) in [5, 5.41) is 22.4. The van der Waals surface area contributed by atoms with E-state index in [1.54, 1.807) is 0 Å². The number of aliphatic hydroxyl groups is 2. The monoisotopic (exact) mass is 499 g/mol. The highest BCUT2D eigenvalue weighted by Crippen LogP contribution is 2.52. The molecule has 0 aliphatic heterocycles. The molecule has 2 aromatic rings. The molecule has 3 unspecified atom stereocenters. The fraction of sp³-hybridized carbons (Fsp3) is 0.435. The number of halogens is 3. The first kappa shape index (κ1) is 24.1. The summed E-state index contributed by atoms with van der Waals surface area (Å²) >= 11 is 6.23. The molecule has 5 atom stereocenters. The molecule has 0 radical (unpaired) electrons. The van der Waals surface area contributed by atoms with Gasteiger partial charge in [-0.25, -0.2) is 17.2 Å². The molecule has 1 amide bonds. The third-order valence-electron chi connectivity index (χ3n) is 6.88. The number of fused-ring (bicyclic) bond motifs is 2. The number of carbonyl (C=O) groups excluding carboxylic acids is 1. The molecule has 6 nitrogen and oxygen atoms in total. The summed E-state index contributed by atoms with van der Waals surface area (Å²) in [5.74, 6) is -3.58. The van der Waals surface area contributed by atoms with Gasteiger partial charge in [0.15, 0.2) is 21.5 Å². The number of hydrogen-bond acceptors (Lipinski definition) is 5. The maximum absolute atomic E-state index is 13.6. The Morgan fingerprint density at radius 1 is 1.12 bits per heavy atom. The molecule has 0 aromatic heterocycles. The van der Waals surface area contributed by atoms with Crippen molar-refractivity contribution in [3.8, 4) is 0 Å². The van der Waals surface area contributed by atoms with E-state index in [2.05, 4.69) is 5.32 Å². The molecule has 33 heavy (non-hydrogen) atoms. The fourth-order valence-corrected chi connectivity index (χ4v) is 8.05. The van der Waals surface area contributed by atoms with E-state index in [0.717, 1.165) is 12.1 Å². The van der Waals surface area contributed by atoms with E-state index in [1.807, 2.05) is 0 Å². The van der Waals surface area contributed by atoms with Crippen LogP contribution in [0.25, 0.3) is 0 Å². The SMILES string of the molecule is CC(O)[C@]1(O)CC2CC[C@@H](C1)C2S(=O)(=O)c1cc(C(=O)Nc2ccc(F)c(F)c2)ccc1Cl. The van der Waals surface area contributed by atoms with E-state index in [0.29, 0.717) is 12.8 Å². The lowest BCUT2D eigenvalue weighted by molar-refractivity contribution is -0.103. The third kappa shape index (κ3) is 4.39. The van der Waals surface area contributed by atoms with Gasteiger partial charge in [-0.1, -0.05) is 11.6 Å². The van der Waals surface area contributed by atoms with Crippen molar-refractivity contribution in [3.63, 3.8) is 0 Å². The van der Waals surface area contributed by atoms with Gasteiger partial charge in [-0.05, 0) is 74.8 Å². The average Bonchev–Trinajstić information content (AvgIpc) is 3.04. The average molecular weight is 500 g/mol. The molecule has 2 fully saturated rings. The Morgan fingerprint density at radius 3 is 2.33 bits per heavy atom. The second-order valence-electron chi connectivity index (χ2n) is 9.02. The standard InChI is InChI=1S/C23H24ClF2NO5S/c1-12(28)23(30)10-14-2-3-15(11-23)21(14)33(31,32)20-8-13(4-6-17(20)24)22(29)27-16-5-7-18(25)19(26)9-16/h4-9,12,14-15,21,28,30H,2-3,10-11H2,1H3,(H,27,29)/t12?,14-,15?,21?,23+/m0/s1. The molecule has 2 aromatic carbocycles. The third-order valence-corrected chi connectivity index (χ3v) is 9.76. The molecule has 2 aliphatic rings. The molecule has 10 heteroatoms. The normalized spacial score (nSPS) is 27.9. The predicted molar refractivity (Wildman–Crippen MR) is 119 cm³/mol. The minimum Gasteiger partial charge on any atom is -0.390 e. The van der Waals surface area contributed by atoms with Crippen LogP contribution in [0.15, 0.2) is 41.3 Å². The highest BCUT2D eigenvalue weighted by atomic mass is 35.5. The zero-order valence-electron chi connectivity index (χ0n) is 17.8. The number of anilines is 1. The minimum atomic E-state index is -3.96. The van der Waals surface area contributed by atoms with E-state index in [9.17, 15) is 32.2 Å². The van der Waals surface area contributed by atoms with Crippen molar-refractivity contribution in [1.82, 2.24) is 0 Å². The summed E-state index contributed by atoms with van der Waals surface area (Å²) in [4.78, 5) is 12.5. The molecule has 2 saturated carbocycles. The Labute approximate surface area is 195 Å². The summed E-state index contributed by atoms with van der Waals surface area (Å²) in [5.41, 5.74) is -1.32. The lowest BCUT2D eigenvalue weighted by Gasteiger charge is -2.42. The molecular formula is C23H24ClF2NO5S. The smallest absolute Gasteiger partial charge is 0.255 e. The van der Waals surface area contributed by atoms with E-state index in [1.165, 1.54) is 31.2 Å². The van der Waals surface area contributed by atoms with Crippen LogP contribution in [-0.2, 0) is 9.84 Å². The highest BCUT2D eigenvalue weighted by Gasteiger charge is 2.55. The molecule has 0 heterocycles. The maximum atomic E-state index is 13.6. The van der Waals surface area contributed by atoms with Crippen molar-refractivity contribution >= 4 is 33.0 Å². The number of hydrogen-bond donors (Lipinski definition) is 3. The van der Waals surface area contributed by atoms with Crippen LogP contribution >= 0.6 is 11.6 Å². The van der Waals surface area contributed by atoms with E-state index < -0.39 is 44.3 Å². The van der Waals surface area contributed by atoms with Gasteiger partial charge in [-0.15, -0.1) is 0 Å². The number of amides is 1. The molecule has 0 saturated heterocycles. The first-order valence-corrected chi connectivity index (χ1v) is 12.5. The Hall–Kier alpha value is -2.07. The zero-order chi connectivity index (χ0) is 24.1. The van der Waals surface area contributed by atoms with Gasteiger partial charge in [0.2, 0.25) is 0 Å². The van der Waals surface area contributed by atoms with Gasteiger partial charge in [-0.3, -0.25) is 4.79 Å². The van der Waals surface area contributed by atoms with Gasteiger partial charge in [0, 0.05) is 17.3 Å². The first-order valence-electron chi connectivity index (χ1n) is 10.6. The largest absolute Gasteiger partial charge is 0.390 e. The number of aliphatic hydroxyl groups excluding tert-OH is 1. The summed E-state index contributed by atoms with van der Waals surface area (Å²) in [6, 6.07) is 6.72. The lowest BCUT2D eigenvalue weighted by Crippen LogP contribution is -2.51. The fourth-order valence-electron chi connectivity index (χ4n) is 5.20. The zero-order valence-corrected chi connectivity index (χ0v) is 19.3. The lowest BCUT2D eigenvalue weighted by atomic mass is 9.74. The van der Waals surface area contributed by atoms with Gasteiger partial charge >= 0.3 is 0 Å². The Balaban J connectivity index is 1.62. The van der Waals surface area contributed by atoms with Crippen molar-refractivity contribution in [3.05, 3.63) is 58.6 Å². The van der Waals surface area contributed by atoms with E-state index >= 15 is 0 Å². The van der Waals surface area contributed by atoms with Crippen LogP contribution in [0.3, 0.4) is 0 Å². The van der Waals surface area contributed by atoms with Gasteiger partial charge in [0.1, 0.15) is 0 Å². The Kier molecular flexibility index (Phi) is 6.28. The Bertz CT molecular complexity index is 1190. The molecule has 178 valence electrons. The van der Waals surface area contributed by atoms with E-state index in [-0.39, 0.29) is 45.8 Å². The number of benzene rings is 2. The number of sulfone groups is 1. The summed E-state index contributed by atoms with van der Waals surface area (Å²) in [7, 11) is -3.96. The molecule has 4 rings (SSSR count). The van der Waals surface area contributed by atoms with Crippen molar-refractivity contribution < 1.29 is 32.2 Å². The van der Waals surface area contributed by atoms with Crippen LogP contribution in [0.4, 0.5) is 14.5 Å². The van der Waals surface area contributed by atoms with Crippen molar-refractivity contribution in [1.29, 1.82) is 0 Å². The van der Waals surface area contributed by atoms with Crippen molar-refractivity contribution in [2.45, 2.75) is 54.5 Å². The second-order valence-corrected chi connectivity index (χ2v) is 11.5. The molecule has 3 N–H and O–H groups in total. The predicted octanol–water partition coefficient (Wildman–Crippen LogP) is 3.94. The van der Waals surface area contributed by atoms with Crippen molar-refractivity contribution in [2.75, 3.05) is 5.32 Å². The van der Waals surface area contributed by atoms with Crippen LogP contribution in [0.1, 0.15) is 43.0 Å². The number of rotatable bonds is 5. The molecule has 2 aliphatic carbocycles. The molecular weight excluding hydrogens is 476 g/mol. The van der Waals surface area contributed by atoms with Crippen LogP contribution in [0.2, 0.25) is 5.02 Å². The highest BCUT2D eigenvalue weighted by molar-refractivity contribution is 7.92. The van der Waals surface area contributed by atoms with Crippen LogP contribution in [0.5, 0.6) is 0 Å². The minimum absolute atomic E-state index is 0.00801. The first-order chi connectivity index (χ1) is 15.4. The number of carbonyl (C=O) groups is 1. The second kappa shape index (κ2) is 8.61. The van der Waals surface area contributed by atoms with Gasteiger partial charge < -0.3 is 15.5 Å². The van der Waals surface area contributed by atoms with Crippen LogP contribution in [0, 0.1) is 23.5 Å². The topological polar surface area (TPSA) is 104 Å². The van der Waals surface area contributed by atoms with Gasteiger partial charge in [-0.2, -0.15) is 0 Å². The Morgan fingerprint density at radius 2 is 1.76 bits per heavy atom.